The fraction of sp³-hybridized carbons (Fsp3) is 0.800. The highest BCUT2D eigenvalue weighted by Gasteiger charge is 2.54. The van der Waals surface area contributed by atoms with E-state index in [9.17, 15) is 10.0 Å². The smallest absolute Gasteiger partial charge is 0.246 e. The summed E-state index contributed by atoms with van der Waals surface area (Å²) in [4.78, 5) is 14.2. The van der Waals surface area contributed by atoms with E-state index in [0.717, 1.165) is 51.7 Å². The molecule has 0 N–H and O–H groups in total. The summed E-state index contributed by atoms with van der Waals surface area (Å²) in [5.74, 6) is 1.07. The van der Waals surface area contributed by atoms with Crippen LogP contribution >= 0.6 is 0 Å². The molecule has 104 valence electrons. The molecule has 4 heteroatoms. The molecule has 0 aromatic heterocycles. The molecular formula is C15H22N2O2. The van der Waals surface area contributed by atoms with Gasteiger partial charge in [0, 0.05) is 24.4 Å². The number of nitrogens with zero attached hydrogens (tertiary/aromatic N) is 2. The van der Waals surface area contributed by atoms with Crippen molar-refractivity contribution in [2.45, 2.75) is 44.2 Å². The van der Waals surface area contributed by atoms with Crippen molar-refractivity contribution in [3.05, 3.63) is 17.4 Å². The fourth-order valence-electron chi connectivity index (χ4n) is 5.25. The van der Waals surface area contributed by atoms with E-state index in [4.69, 9.17) is 0 Å². The van der Waals surface area contributed by atoms with Crippen LogP contribution in [0, 0.1) is 17.0 Å². The molecule has 0 aromatic rings. The molecule has 0 saturated carbocycles. The van der Waals surface area contributed by atoms with Crippen LogP contribution in [0.15, 0.2) is 12.2 Å². The van der Waals surface area contributed by atoms with Crippen molar-refractivity contribution >= 4 is 5.91 Å². The van der Waals surface area contributed by atoms with Gasteiger partial charge in [-0.3, -0.25) is 4.79 Å². The molecule has 3 saturated heterocycles. The molecule has 0 aromatic carbocycles. The Morgan fingerprint density at radius 3 is 2.89 bits per heavy atom. The lowest BCUT2D eigenvalue weighted by Crippen LogP contribution is -2.71. The first-order valence-electron chi connectivity index (χ1n) is 7.74. The first kappa shape index (κ1) is 11.9. The zero-order valence-electron chi connectivity index (χ0n) is 11.3. The van der Waals surface area contributed by atoms with Gasteiger partial charge in [0.25, 0.3) is 0 Å². The number of amides is 1. The average molecular weight is 262 g/mol. The molecule has 4 aliphatic heterocycles. The summed E-state index contributed by atoms with van der Waals surface area (Å²) >= 11 is 0. The van der Waals surface area contributed by atoms with Crippen molar-refractivity contribution in [1.29, 1.82) is 0 Å². The molecule has 5 atom stereocenters. The maximum atomic E-state index is 13.1. The van der Waals surface area contributed by atoms with Crippen LogP contribution in [0.4, 0.5) is 0 Å². The van der Waals surface area contributed by atoms with Crippen LogP contribution in [0.1, 0.15) is 32.1 Å². The number of piperidine rings is 3. The topological polar surface area (TPSA) is 43.4 Å². The molecule has 0 radical (unpaired) electrons. The molecule has 3 fully saturated rings. The highest BCUT2D eigenvalue weighted by Crippen LogP contribution is 2.47. The van der Waals surface area contributed by atoms with Crippen molar-refractivity contribution in [3.8, 4) is 0 Å². The number of carbonyl (C=O) groups is 1. The molecule has 4 rings (SSSR count). The maximum absolute atomic E-state index is 13.1. The Bertz CT molecular complexity index is 432. The van der Waals surface area contributed by atoms with E-state index < -0.39 is 0 Å². The Morgan fingerprint density at radius 2 is 2.05 bits per heavy atom. The van der Waals surface area contributed by atoms with Crippen molar-refractivity contribution in [3.63, 3.8) is 0 Å². The third-order valence-corrected chi connectivity index (χ3v) is 5.90. The maximum Gasteiger partial charge on any atom is 0.246 e. The second-order valence-electron chi connectivity index (χ2n) is 6.79. The van der Waals surface area contributed by atoms with Crippen molar-refractivity contribution < 1.29 is 9.44 Å². The molecule has 0 bridgehead atoms. The number of rotatable bonds is 0. The van der Waals surface area contributed by atoms with Crippen LogP contribution < -0.4 is 0 Å². The van der Waals surface area contributed by atoms with Crippen LogP contribution in [0.3, 0.4) is 0 Å². The van der Waals surface area contributed by atoms with Crippen molar-refractivity contribution in [2.75, 3.05) is 19.6 Å². The molecule has 0 aliphatic carbocycles. The first-order chi connectivity index (χ1) is 9.19. The second kappa shape index (κ2) is 4.06. The average Bonchev–Trinajstić information content (AvgIpc) is 2.40. The summed E-state index contributed by atoms with van der Waals surface area (Å²) in [5.41, 5.74) is 0. The normalized spacial score (nSPS) is 48.7. The summed E-state index contributed by atoms with van der Waals surface area (Å²) in [7, 11) is 0. The SMILES string of the molecule is O=C1C=CC[C@@H]2[C@H]3CCC[N@+]4([O-])CCC[C@@H](CN12)C34. The van der Waals surface area contributed by atoms with Gasteiger partial charge in [0.15, 0.2) is 0 Å². The van der Waals surface area contributed by atoms with Gasteiger partial charge >= 0.3 is 0 Å². The summed E-state index contributed by atoms with van der Waals surface area (Å²) in [6, 6.07) is 0.589. The standard InChI is InChI=1S/C15H22N2O2/c18-14-7-1-6-13-12-5-3-9-17(19)8-2-4-11(15(12)17)10-16(13)14/h1,7,11-13,15H,2-6,8-10H2/t11-,12+,13+,15?,17+/m0/s1. The third-order valence-electron chi connectivity index (χ3n) is 5.90. The number of hydrogen-bond acceptors (Lipinski definition) is 2. The number of fused-ring (bicyclic) bond motifs is 2. The first-order valence-corrected chi connectivity index (χ1v) is 7.74. The Hall–Kier alpha value is -0.870. The molecule has 1 unspecified atom stereocenters. The van der Waals surface area contributed by atoms with Crippen LogP contribution in [0.5, 0.6) is 0 Å². The minimum Gasteiger partial charge on any atom is -0.633 e. The van der Waals surface area contributed by atoms with E-state index in [0.29, 0.717) is 17.9 Å². The lowest BCUT2D eigenvalue weighted by molar-refractivity contribution is -0.925. The molecule has 0 spiro atoms. The van der Waals surface area contributed by atoms with Crippen LogP contribution in [0.25, 0.3) is 0 Å². The Morgan fingerprint density at radius 1 is 1.26 bits per heavy atom. The summed E-state index contributed by atoms with van der Waals surface area (Å²) in [5, 5.41) is 13.1. The molecule has 4 aliphatic rings. The lowest BCUT2D eigenvalue weighted by atomic mass is 9.68. The summed E-state index contributed by atoms with van der Waals surface area (Å²) in [6.45, 7) is 2.46. The summed E-state index contributed by atoms with van der Waals surface area (Å²) in [6.07, 6.45) is 9.07. The molecule has 4 heterocycles. The molecular weight excluding hydrogens is 240 g/mol. The zero-order chi connectivity index (χ0) is 13.0. The van der Waals surface area contributed by atoms with Gasteiger partial charge in [-0.15, -0.1) is 0 Å². The van der Waals surface area contributed by atoms with E-state index in [-0.39, 0.29) is 16.6 Å². The largest absolute Gasteiger partial charge is 0.633 e. The predicted octanol–water partition coefficient (Wildman–Crippen LogP) is 1.66. The van der Waals surface area contributed by atoms with E-state index >= 15 is 0 Å². The minimum atomic E-state index is 0.0532. The van der Waals surface area contributed by atoms with Gasteiger partial charge in [0.1, 0.15) is 0 Å². The van der Waals surface area contributed by atoms with Crippen molar-refractivity contribution in [2.24, 2.45) is 11.8 Å². The Labute approximate surface area is 114 Å². The summed E-state index contributed by atoms with van der Waals surface area (Å²) < 4.78 is 0.0532. The number of hydrogen-bond donors (Lipinski definition) is 0. The third kappa shape index (κ3) is 1.62. The minimum absolute atomic E-state index is 0.0532. The van der Waals surface area contributed by atoms with E-state index in [1.54, 1.807) is 6.08 Å². The Kier molecular flexibility index (Phi) is 2.55. The van der Waals surface area contributed by atoms with Gasteiger partial charge in [-0.05, 0) is 38.2 Å². The second-order valence-corrected chi connectivity index (χ2v) is 6.79. The highest BCUT2D eigenvalue weighted by atomic mass is 16.5. The molecule has 4 nitrogen and oxygen atoms in total. The van der Waals surface area contributed by atoms with Crippen LogP contribution in [-0.2, 0) is 4.79 Å². The van der Waals surface area contributed by atoms with Crippen LogP contribution in [-0.4, -0.2) is 47.2 Å². The Balaban J connectivity index is 1.72. The number of quaternary nitrogens is 1. The molecule has 1 amide bonds. The van der Waals surface area contributed by atoms with Gasteiger partial charge in [-0.1, -0.05) is 6.08 Å². The van der Waals surface area contributed by atoms with Gasteiger partial charge < -0.3 is 14.8 Å². The number of carbonyl (C=O) groups excluding carboxylic acids is 1. The van der Waals surface area contributed by atoms with Gasteiger partial charge in [0.2, 0.25) is 5.91 Å². The van der Waals surface area contributed by atoms with E-state index in [2.05, 4.69) is 4.90 Å². The van der Waals surface area contributed by atoms with Crippen molar-refractivity contribution in [1.82, 2.24) is 4.90 Å². The lowest BCUT2D eigenvalue weighted by Gasteiger charge is -2.64. The zero-order valence-corrected chi connectivity index (χ0v) is 11.3. The number of hydroxylamine groups is 3. The molecule has 19 heavy (non-hydrogen) atoms. The van der Waals surface area contributed by atoms with Crippen LogP contribution in [0.2, 0.25) is 0 Å². The van der Waals surface area contributed by atoms with E-state index in [1.807, 2.05) is 6.08 Å². The predicted molar refractivity (Wildman–Crippen MR) is 71.9 cm³/mol. The fourth-order valence-corrected chi connectivity index (χ4v) is 5.25. The van der Waals surface area contributed by atoms with Gasteiger partial charge in [-0.25, -0.2) is 0 Å². The van der Waals surface area contributed by atoms with Gasteiger partial charge in [0.05, 0.1) is 19.1 Å². The van der Waals surface area contributed by atoms with Gasteiger partial charge in [-0.2, -0.15) is 0 Å². The quantitative estimate of drug-likeness (QED) is 0.492. The highest BCUT2D eigenvalue weighted by molar-refractivity contribution is 5.88. The monoisotopic (exact) mass is 262 g/mol. The van der Waals surface area contributed by atoms with E-state index in [1.165, 1.54) is 0 Å².